The highest BCUT2D eigenvalue weighted by atomic mass is 15.0. The van der Waals surface area contributed by atoms with Gasteiger partial charge in [-0.2, -0.15) is 0 Å². The molecule has 14 heavy (non-hydrogen) atoms. The zero-order valence-corrected chi connectivity index (χ0v) is 9.77. The highest BCUT2D eigenvalue weighted by Gasteiger charge is 2.46. The first-order valence-corrected chi connectivity index (χ1v) is 5.93. The van der Waals surface area contributed by atoms with Gasteiger partial charge in [-0.25, -0.2) is 0 Å². The van der Waals surface area contributed by atoms with Crippen LogP contribution in [0.4, 0.5) is 0 Å². The van der Waals surface area contributed by atoms with Gasteiger partial charge in [-0.1, -0.05) is 27.2 Å². The molecule has 0 aliphatic heterocycles. The number of hydrogen-bond donors (Lipinski definition) is 2. The van der Waals surface area contributed by atoms with E-state index in [0.717, 1.165) is 12.6 Å². The number of nitrogens with one attached hydrogen (secondary N) is 1. The van der Waals surface area contributed by atoms with Crippen LogP contribution in [0.25, 0.3) is 0 Å². The topological polar surface area (TPSA) is 38.0 Å². The zero-order chi connectivity index (χ0) is 10.4. The lowest BCUT2D eigenvalue weighted by Gasteiger charge is -2.29. The minimum atomic E-state index is 0.360. The Morgan fingerprint density at radius 3 is 2.43 bits per heavy atom. The fourth-order valence-corrected chi connectivity index (χ4v) is 2.65. The van der Waals surface area contributed by atoms with Gasteiger partial charge in [0.1, 0.15) is 0 Å². The Morgan fingerprint density at radius 1 is 1.36 bits per heavy atom. The van der Waals surface area contributed by atoms with E-state index in [9.17, 15) is 0 Å². The molecule has 0 aromatic heterocycles. The smallest absolute Gasteiger partial charge is 0.0125 e. The molecule has 0 aromatic rings. The standard InChI is InChI=1S/C12H24N2/c1-11(2)7-10(11)14-8-12(3)6-4-5-9(12)13/h9-10,14H,4-8,13H2,1-3H3. The van der Waals surface area contributed by atoms with Crippen molar-refractivity contribution in [1.82, 2.24) is 5.32 Å². The summed E-state index contributed by atoms with van der Waals surface area (Å²) < 4.78 is 0. The summed E-state index contributed by atoms with van der Waals surface area (Å²) in [5.41, 5.74) is 7.05. The lowest BCUT2D eigenvalue weighted by molar-refractivity contribution is 0.272. The molecular formula is C12H24N2. The molecule has 2 aliphatic carbocycles. The quantitative estimate of drug-likeness (QED) is 0.723. The molecule has 82 valence electrons. The summed E-state index contributed by atoms with van der Waals surface area (Å²) in [5, 5.41) is 3.68. The second kappa shape index (κ2) is 3.21. The maximum Gasteiger partial charge on any atom is 0.0125 e. The summed E-state index contributed by atoms with van der Waals surface area (Å²) in [7, 11) is 0. The van der Waals surface area contributed by atoms with E-state index in [4.69, 9.17) is 5.73 Å². The van der Waals surface area contributed by atoms with Gasteiger partial charge in [0.2, 0.25) is 0 Å². The van der Waals surface area contributed by atoms with E-state index >= 15 is 0 Å². The molecule has 3 atom stereocenters. The van der Waals surface area contributed by atoms with Crippen molar-refractivity contribution in [1.29, 1.82) is 0 Å². The average Bonchev–Trinajstić information content (AvgIpc) is 2.57. The summed E-state index contributed by atoms with van der Waals surface area (Å²) in [5.74, 6) is 0. The first-order chi connectivity index (χ1) is 6.44. The highest BCUT2D eigenvalue weighted by molar-refractivity contribution is 5.03. The molecule has 0 saturated heterocycles. The van der Waals surface area contributed by atoms with E-state index in [2.05, 4.69) is 26.1 Å². The second-order valence-electron chi connectivity index (χ2n) is 6.28. The van der Waals surface area contributed by atoms with E-state index in [1.807, 2.05) is 0 Å². The molecule has 0 amide bonds. The lowest BCUT2D eigenvalue weighted by atomic mass is 9.85. The Kier molecular flexibility index (Phi) is 2.39. The Hall–Kier alpha value is -0.0800. The van der Waals surface area contributed by atoms with Gasteiger partial charge < -0.3 is 11.1 Å². The van der Waals surface area contributed by atoms with Crippen molar-refractivity contribution < 1.29 is 0 Å². The summed E-state index contributed by atoms with van der Waals surface area (Å²) in [6, 6.07) is 1.16. The Balaban J connectivity index is 1.80. The lowest BCUT2D eigenvalue weighted by Crippen LogP contribution is -2.43. The number of rotatable bonds is 3. The molecule has 2 aliphatic rings. The summed E-state index contributed by atoms with van der Waals surface area (Å²) in [6.07, 6.45) is 5.16. The predicted octanol–water partition coefficient (Wildman–Crippen LogP) is 1.89. The van der Waals surface area contributed by atoms with Gasteiger partial charge >= 0.3 is 0 Å². The molecule has 0 heterocycles. The van der Waals surface area contributed by atoms with Gasteiger partial charge in [-0.3, -0.25) is 0 Å². The fourth-order valence-electron chi connectivity index (χ4n) is 2.65. The van der Waals surface area contributed by atoms with Crippen LogP contribution in [0.3, 0.4) is 0 Å². The Bertz CT molecular complexity index is 224. The van der Waals surface area contributed by atoms with Crippen molar-refractivity contribution in [3.63, 3.8) is 0 Å². The van der Waals surface area contributed by atoms with Gasteiger partial charge in [-0.05, 0) is 30.1 Å². The van der Waals surface area contributed by atoms with Gasteiger partial charge in [-0.15, -0.1) is 0 Å². The van der Waals surface area contributed by atoms with Crippen LogP contribution in [0.1, 0.15) is 46.5 Å². The molecule has 3 N–H and O–H groups in total. The average molecular weight is 196 g/mol. The van der Waals surface area contributed by atoms with Crippen molar-refractivity contribution in [2.45, 2.75) is 58.5 Å². The van der Waals surface area contributed by atoms with Crippen molar-refractivity contribution in [2.75, 3.05) is 6.54 Å². The largest absolute Gasteiger partial charge is 0.327 e. The molecule has 2 fully saturated rings. The maximum absolute atomic E-state index is 6.15. The van der Waals surface area contributed by atoms with Crippen molar-refractivity contribution >= 4 is 0 Å². The SMILES string of the molecule is CC1(C)CC1NCC1(C)CCCC1N. The van der Waals surface area contributed by atoms with Gasteiger partial charge in [0, 0.05) is 18.6 Å². The van der Waals surface area contributed by atoms with E-state index in [1.54, 1.807) is 0 Å². The molecular weight excluding hydrogens is 172 g/mol. The molecule has 2 nitrogen and oxygen atoms in total. The van der Waals surface area contributed by atoms with Gasteiger partial charge in [0.15, 0.2) is 0 Å². The summed E-state index contributed by atoms with van der Waals surface area (Å²) in [4.78, 5) is 0. The van der Waals surface area contributed by atoms with Crippen LogP contribution in [0.2, 0.25) is 0 Å². The first kappa shape index (κ1) is 10.4. The van der Waals surface area contributed by atoms with Crippen LogP contribution in [-0.2, 0) is 0 Å². The van der Waals surface area contributed by atoms with E-state index in [1.165, 1.54) is 25.7 Å². The zero-order valence-electron chi connectivity index (χ0n) is 9.77. The van der Waals surface area contributed by atoms with Crippen molar-refractivity contribution in [2.24, 2.45) is 16.6 Å². The van der Waals surface area contributed by atoms with Gasteiger partial charge in [0.05, 0.1) is 0 Å². The Morgan fingerprint density at radius 2 is 2.00 bits per heavy atom. The van der Waals surface area contributed by atoms with E-state index in [-0.39, 0.29) is 0 Å². The van der Waals surface area contributed by atoms with Crippen molar-refractivity contribution in [3.8, 4) is 0 Å². The maximum atomic E-state index is 6.15. The number of hydrogen-bond acceptors (Lipinski definition) is 2. The normalized spacial score (nSPS) is 45.4. The molecule has 0 radical (unpaired) electrons. The van der Waals surface area contributed by atoms with Gasteiger partial charge in [0.25, 0.3) is 0 Å². The predicted molar refractivity (Wildman–Crippen MR) is 60.1 cm³/mol. The fraction of sp³-hybridized carbons (Fsp3) is 1.00. The monoisotopic (exact) mass is 196 g/mol. The molecule has 2 saturated carbocycles. The van der Waals surface area contributed by atoms with Crippen LogP contribution >= 0.6 is 0 Å². The molecule has 0 bridgehead atoms. The van der Waals surface area contributed by atoms with Crippen molar-refractivity contribution in [3.05, 3.63) is 0 Å². The van der Waals surface area contributed by atoms with Crippen LogP contribution < -0.4 is 11.1 Å². The third-order valence-corrected chi connectivity index (χ3v) is 4.42. The third kappa shape index (κ3) is 1.82. The van der Waals surface area contributed by atoms with E-state index < -0.39 is 0 Å². The molecule has 2 rings (SSSR count). The van der Waals surface area contributed by atoms with Crippen LogP contribution in [0.5, 0.6) is 0 Å². The summed E-state index contributed by atoms with van der Waals surface area (Å²) in [6.45, 7) is 8.12. The third-order valence-electron chi connectivity index (χ3n) is 4.42. The van der Waals surface area contributed by atoms with Crippen LogP contribution in [0, 0.1) is 10.8 Å². The van der Waals surface area contributed by atoms with E-state index in [0.29, 0.717) is 16.9 Å². The first-order valence-electron chi connectivity index (χ1n) is 5.93. The Labute approximate surface area is 87.6 Å². The van der Waals surface area contributed by atoms with Crippen LogP contribution in [0.15, 0.2) is 0 Å². The summed E-state index contributed by atoms with van der Waals surface area (Å²) >= 11 is 0. The highest BCUT2D eigenvalue weighted by Crippen LogP contribution is 2.45. The minimum Gasteiger partial charge on any atom is -0.327 e. The second-order valence-corrected chi connectivity index (χ2v) is 6.28. The molecule has 0 spiro atoms. The minimum absolute atomic E-state index is 0.360. The van der Waals surface area contributed by atoms with Crippen LogP contribution in [-0.4, -0.2) is 18.6 Å². The number of nitrogens with two attached hydrogens (primary N) is 1. The molecule has 3 unspecified atom stereocenters. The molecule has 2 heteroatoms. The molecule has 0 aromatic carbocycles.